The highest BCUT2D eigenvalue weighted by Crippen LogP contribution is 2.49. The molecular formula is C32H30N2O7S2. The van der Waals surface area contributed by atoms with Gasteiger partial charge in [-0.2, -0.15) is 0 Å². The molecule has 1 saturated heterocycles. The number of phenols is 1. The molecular weight excluding hydrogens is 588 g/mol. The van der Waals surface area contributed by atoms with E-state index in [9.17, 15) is 24.6 Å². The summed E-state index contributed by atoms with van der Waals surface area (Å²) < 4.78 is 12.0. The van der Waals surface area contributed by atoms with Gasteiger partial charge in [0.1, 0.15) is 33.4 Å². The lowest BCUT2D eigenvalue weighted by Crippen LogP contribution is -2.42. The number of carboxylic acid groups (broad SMARTS) is 1. The van der Waals surface area contributed by atoms with Crippen molar-refractivity contribution in [1.82, 2.24) is 10.2 Å². The summed E-state index contributed by atoms with van der Waals surface area (Å²) in [6, 6.07) is 13.5. The van der Waals surface area contributed by atoms with E-state index in [0.29, 0.717) is 43.7 Å². The van der Waals surface area contributed by atoms with E-state index in [1.165, 1.54) is 43.8 Å². The summed E-state index contributed by atoms with van der Waals surface area (Å²) in [5, 5.41) is 21.8. The van der Waals surface area contributed by atoms with Crippen LogP contribution in [0.5, 0.6) is 11.5 Å². The zero-order valence-corrected chi connectivity index (χ0v) is 25.0. The quantitative estimate of drug-likeness (QED) is 0.211. The van der Waals surface area contributed by atoms with Crippen LogP contribution in [-0.4, -0.2) is 56.4 Å². The molecule has 2 amide bonds. The lowest BCUT2D eigenvalue weighted by atomic mass is 9.94. The van der Waals surface area contributed by atoms with Crippen molar-refractivity contribution in [3.05, 3.63) is 76.4 Å². The fraction of sp³-hybridized carbons (Fsp3) is 0.312. The molecule has 0 spiro atoms. The fourth-order valence-electron chi connectivity index (χ4n) is 6.35. The Morgan fingerprint density at radius 1 is 1.16 bits per heavy atom. The van der Waals surface area contributed by atoms with Gasteiger partial charge in [-0.25, -0.2) is 4.79 Å². The highest BCUT2D eigenvalue weighted by atomic mass is 32.2. The number of aromatic hydroxyl groups is 1. The third kappa shape index (κ3) is 5.92. The van der Waals surface area contributed by atoms with E-state index in [1.54, 1.807) is 53.4 Å². The minimum atomic E-state index is -1.21. The van der Waals surface area contributed by atoms with E-state index in [-0.39, 0.29) is 35.4 Å². The van der Waals surface area contributed by atoms with Crippen molar-refractivity contribution < 1.29 is 33.8 Å². The Bertz CT molecular complexity index is 1630. The van der Waals surface area contributed by atoms with E-state index in [4.69, 9.17) is 21.4 Å². The van der Waals surface area contributed by atoms with Gasteiger partial charge in [-0.15, -0.1) is 0 Å². The summed E-state index contributed by atoms with van der Waals surface area (Å²) in [6.07, 6.45) is 6.33. The summed E-state index contributed by atoms with van der Waals surface area (Å²) in [5.74, 6) is 0.604. The van der Waals surface area contributed by atoms with E-state index in [1.807, 2.05) is 0 Å². The van der Waals surface area contributed by atoms with Crippen molar-refractivity contribution >= 4 is 52.2 Å². The number of thioether (sulfide) groups is 1. The lowest BCUT2D eigenvalue weighted by molar-refractivity contribution is -0.139. The molecule has 2 saturated carbocycles. The van der Waals surface area contributed by atoms with Gasteiger partial charge in [0.25, 0.3) is 11.8 Å². The first kappa shape index (κ1) is 29.0. The summed E-state index contributed by atoms with van der Waals surface area (Å²) in [4.78, 5) is 40.9. The Morgan fingerprint density at radius 3 is 2.63 bits per heavy atom. The number of thiocarbonyl (C=S) groups is 1. The molecule has 9 nitrogen and oxygen atoms in total. The number of benzene rings is 2. The Kier molecular flexibility index (Phi) is 8.02. The molecule has 43 heavy (non-hydrogen) atoms. The average Bonchev–Trinajstić information content (AvgIpc) is 3.79. The Hall–Kier alpha value is -4.09. The van der Waals surface area contributed by atoms with Crippen LogP contribution in [0.2, 0.25) is 0 Å². The summed E-state index contributed by atoms with van der Waals surface area (Å²) in [5.41, 5.74) is 1.36. The van der Waals surface area contributed by atoms with Crippen LogP contribution in [-0.2, 0) is 16.0 Å². The van der Waals surface area contributed by atoms with Crippen molar-refractivity contribution in [3.63, 3.8) is 0 Å². The number of rotatable bonds is 9. The minimum absolute atomic E-state index is 0.0269. The number of hydrogen-bond donors (Lipinski definition) is 3. The van der Waals surface area contributed by atoms with Crippen LogP contribution in [0.1, 0.15) is 47.4 Å². The van der Waals surface area contributed by atoms with Crippen molar-refractivity contribution in [1.29, 1.82) is 0 Å². The first-order valence-electron chi connectivity index (χ1n) is 14.1. The highest BCUT2D eigenvalue weighted by Gasteiger charge is 2.48. The molecule has 2 heterocycles. The molecule has 222 valence electrons. The zero-order chi connectivity index (χ0) is 30.2. The van der Waals surface area contributed by atoms with Crippen LogP contribution >= 0.6 is 24.0 Å². The number of nitrogens with zero attached hydrogens (tertiary/aromatic N) is 1. The maximum atomic E-state index is 13.3. The number of carbonyl (C=O) groups excluding carboxylic acids is 2. The molecule has 3 N–H and O–H groups in total. The molecule has 3 fully saturated rings. The normalized spacial score (nSPS) is 22.8. The molecule has 4 atom stereocenters. The Labute approximate surface area is 257 Å². The second-order valence-electron chi connectivity index (χ2n) is 11.1. The standard InChI is InChI=1S/C32H30N2O7S2/c1-40-27-10-6-20(15-23(27)29(36)33-24(31(38)39)13-17-3-7-21(35)8-4-17)26-11-9-22(41-26)16-28-30(37)34(32(42)43-28)25-14-18-2-5-19(25)12-18/h3-4,6-11,15-16,18-19,24-25,35H,2,5,12-14H2,1H3,(H,33,36)(H,38,39)/b28-16-/t18?,19?,24-,25?/m0/s1. The summed E-state index contributed by atoms with van der Waals surface area (Å²) >= 11 is 6.89. The maximum Gasteiger partial charge on any atom is 0.326 e. The van der Waals surface area contributed by atoms with Crippen molar-refractivity contribution in [2.45, 2.75) is 44.2 Å². The van der Waals surface area contributed by atoms with Crippen LogP contribution in [0.15, 0.2) is 63.9 Å². The zero-order valence-electron chi connectivity index (χ0n) is 23.3. The van der Waals surface area contributed by atoms with Gasteiger partial charge in [0.05, 0.1) is 17.6 Å². The average molecular weight is 619 g/mol. The van der Waals surface area contributed by atoms with Crippen molar-refractivity contribution in [3.8, 4) is 22.8 Å². The van der Waals surface area contributed by atoms with E-state index >= 15 is 0 Å². The molecule has 3 unspecified atom stereocenters. The van der Waals surface area contributed by atoms with E-state index < -0.39 is 17.9 Å². The van der Waals surface area contributed by atoms with Gasteiger partial charge in [0.2, 0.25) is 0 Å². The maximum absolute atomic E-state index is 13.3. The second-order valence-corrected chi connectivity index (χ2v) is 12.8. The number of nitrogens with one attached hydrogen (secondary N) is 1. The van der Waals surface area contributed by atoms with Gasteiger partial charge in [0, 0.05) is 24.1 Å². The number of methoxy groups -OCH3 is 1. The molecule has 2 aromatic carbocycles. The number of fused-ring (bicyclic) bond motifs is 2. The second kappa shape index (κ2) is 11.9. The molecule has 2 bridgehead atoms. The number of phenolic OH excluding ortho intramolecular Hbond substituents is 1. The first-order chi connectivity index (χ1) is 20.7. The van der Waals surface area contributed by atoms with Crippen molar-refractivity contribution in [2.24, 2.45) is 11.8 Å². The smallest absolute Gasteiger partial charge is 0.326 e. The molecule has 0 radical (unpaired) electrons. The van der Waals surface area contributed by atoms with Gasteiger partial charge in [-0.3, -0.25) is 14.5 Å². The number of furan rings is 1. The highest BCUT2D eigenvalue weighted by molar-refractivity contribution is 8.26. The number of carboxylic acids is 1. The molecule has 6 rings (SSSR count). The molecule has 1 aliphatic heterocycles. The van der Waals surface area contributed by atoms with Crippen LogP contribution in [0.3, 0.4) is 0 Å². The number of hydrogen-bond acceptors (Lipinski definition) is 8. The summed E-state index contributed by atoms with van der Waals surface area (Å²) in [7, 11) is 1.43. The Balaban J connectivity index is 1.19. The Morgan fingerprint density at radius 2 is 1.95 bits per heavy atom. The number of ether oxygens (including phenoxy) is 1. The number of aliphatic carboxylic acids is 1. The first-order valence-corrected chi connectivity index (χ1v) is 15.3. The molecule has 2 aliphatic carbocycles. The molecule has 1 aromatic heterocycles. The van der Waals surface area contributed by atoms with Crippen LogP contribution in [0, 0.1) is 11.8 Å². The predicted molar refractivity (Wildman–Crippen MR) is 166 cm³/mol. The molecule has 3 aromatic rings. The van der Waals surface area contributed by atoms with E-state index in [0.717, 1.165) is 12.8 Å². The molecule has 11 heteroatoms. The summed E-state index contributed by atoms with van der Waals surface area (Å²) in [6.45, 7) is 0. The van der Waals surface area contributed by atoms with Crippen LogP contribution in [0.25, 0.3) is 17.4 Å². The van der Waals surface area contributed by atoms with Crippen molar-refractivity contribution in [2.75, 3.05) is 7.11 Å². The third-order valence-corrected chi connectivity index (χ3v) is 9.79. The lowest BCUT2D eigenvalue weighted by Gasteiger charge is -2.30. The minimum Gasteiger partial charge on any atom is -0.508 e. The van der Waals surface area contributed by atoms with E-state index in [2.05, 4.69) is 5.32 Å². The molecule has 3 aliphatic rings. The number of amides is 2. The van der Waals surface area contributed by atoms with Crippen LogP contribution in [0.4, 0.5) is 0 Å². The SMILES string of the molecule is COc1ccc(-c2ccc(/C=C3\SC(=S)N(C4CC5CCC4C5)C3=O)o2)cc1C(=O)N[C@@H](Cc1ccc(O)cc1)C(=O)O. The topological polar surface area (TPSA) is 129 Å². The largest absolute Gasteiger partial charge is 0.508 e. The van der Waals surface area contributed by atoms with Gasteiger partial charge < -0.3 is 24.7 Å². The number of carbonyl (C=O) groups is 3. The third-order valence-electron chi connectivity index (χ3n) is 8.46. The van der Waals surface area contributed by atoms with Gasteiger partial charge in [-0.1, -0.05) is 42.5 Å². The van der Waals surface area contributed by atoms with Gasteiger partial charge in [0.15, 0.2) is 0 Å². The monoisotopic (exact) mass is 618 g/mol. The van der Waals surface area contributed by atoms with Gasteiger partial charge in [-0.05, 0) is 79.1 Å². The predicted octanol–water partition coefficient (Wildman–Crippen LogP) is 5.48. The van der Waals surface area contributed by atoms with Crippen LogP contribution < -0.4 is 10.1 Å². The fourth-order valence-corrected chi connectivity index (χ4v) is 7.70. The van der Waals surface area contributed by atoms with Gasteiger partial charge >= 0.3 is 5.97 Å².